The number of rotatable bonds is 0. The third-order valence-electron chi connectivity index (χ3n) is 4.99. The van der Waals surface area contributed by atoms with Gasteiger partial charge < -0.3 is 24.8 Å². The molecule has 0 saturated heterocycles. The largest absolute Gasteiger partial charge is 1.00 e. The Kier molecular flexibility index (Phi) is 13.0. The van der Waals surface area contributed by atoms with E-state index in [1.165, 1.54) is 32.7 Å². The third kappa shape index (κ3) is 9.30. The summed E-state index contributed by atoms with van der Waals surface area (Å²) in [7, 11) is 0. The molecule has 0 radical (unpaired) electrons. The molecular formula is C28H36Cl2SiZr-2. The molecule has 0 bridgehead atoms. The van der Waals surface area contributed by atoms with Gasteiger partial charge in [0.05, 0.1) is 0 Å². The molecule has 4 heteroatoms. The number of benzene rings is 2. The molecule has 0 unspecified atom stereocenters. The van der Waals surface area contributed by atoms with Crippen LogP contribution in [-0.2, 0) is 34.2 Å². The maximum absolute atomic E-state index is 2.35. The molecule has 0 saturated carbocycles. The molecule has 0 fully saturated rings. The molecule has 0 heterocycles. The first kappa shape index (κ1) is 31.3. The first-order chi connectivity index (χ1) is 13.9. The summed E-state index contributed by atoms with van der Waals surface area (Å²) in [6.45, 7) is 18.3. The monoisotopic (exact) mass is 560 g/mol. The Hall–Kier alpha value is -0.660. The van der Waals surface area contributed by atoms with Gasteiger partial charge in [-0.05, 0) is 10.8 Å². The van der Waals surface area contributed by atoms with E-state index in [1.807, 2.05) is 30.3 Å². The Morgan fingerprint density at radius 1 is 0.688 bits per heavy atom. The fourth-order valence-corrected chi connectivity index (χ4v) is 3.28. The predicted molar refractivity (Wildman–Crippen MR) is 134 cm³/mol. The molecule has 4 aromatic carbocycles. The van der Waals surface area contributed by atoms with E-state index in [9.17, 15) is 0 Å². The van der Waals surface area contributed by atoms with Crippen molar-refractivity contribution in [3.05, 3.63) is 83.9 Å². The van der Waals surface area contributed by atoms with E-state index < -0.39 is 0 Å². The summed E-state index contributed by atoms with van der Waals surface area (Å²) in [5, 5.41) is 5.48. The van der Waals surface area contributed by atoms with Gasteiger partial charge in [0, 0.05) is 0 Å². The van der Waals surface area contributed by atoms with Crippen LogP contribution >= 0.6 is 0 Å². The van der Waals surface area contributed by atoms with E-state index in [2.05, 4.69) is 97.1 Å². The summed E-state index contributed by atoms with van der Waals surface area (Å²) in [6, 6.07) is 26.2. The van der Waals surface area contributed by atoms with Crippen molar-refractivity contribution in [3.8, 4) is 0 Å². The minimum Gasteiger partial charge on any atom is -1.00 e. The van der Waals surface area contributed by atoms with Crippen molar-refractivity contribution in [2.75, 3.05) is 0 Å². The zero-order chi connectivity index (χ0) is 22.5. The third-order valence-corrected chi connectivity index (χ3v) is 4.99. The normalized spacial score (nSPS) is 10.8. The molecule has 0 aromatic heterocycles. The Morgan fingerprint density at radius 2 is 1.03 bits per heavy atom. The summed E-state index contributed by atoms with van der Waals surface area (Å²) in [5.41, 5.74) is 3.42. The molecule has 0 nitrogen and oxygen atoms in total. The first-order valence-electron chi connectivity index (χ1n) is 10.7. The van der Waals surface area contributed by atoms with E-state index >= 15 is 0 Å². The van der Waals surface area contributed by atoms with Gasteiger partial charge in [-0.15, -0.1) is 39.7 Å². The van der Waals surface area contributed by atoms with Crippen molar-refractivity contribution in [3.63, 3.8) is 0 Å². The van der Waals surface area contributed by atoms with Crippen molar-refractivity contribution in [1.29, 1.82) is 0 Å². The van der Waals surface area contributed by atoms with Crippen molar-refractivity contribution in [2.24, 2.45) is 0 Å². The molecular weight excluding hydrogens is 527 g/mol. The second-order valence-electron chi connectivity index (χ2n) is 10.2. The SMILES string of the molecule is CC(C)(C)c1ccc2c(c1)[cH-]c1cc(C(C)(C)C)ccc12.C[Si](C)=[Zr+2].[Cl-].[Cl-].c1cc[cH-]c1. The summed E-state index contributed by atoms with van der Waals surface area (Å²) >= 11 is 1.74. The molecule has 0 atom stereocenters. The molecule has 172 valence electrons. The van der Waals surface area contributed by atoms with Crippen LogP contribution in [0, 0.1) is 0 Å². The summed E-state index contributed by atoms with van der Waals surface area (Å²) in [6.07, 6.45) is 0. The van der Waals surface area contributed by atoms with E-state index in [0.29, 0.717) is 0 Å². The molecule has 4 rings (SSSR count). The Bertz CT molecular complexity index is 1000. The van der Waals surface area contributed by atoms with E-state index in [1.54, 1.807) is 23.3 Å². The van der Waals surface area contributed by atoms with Crippen LogP contribution in [0.25, 0.3) is 21.5 Å². The second-order valence-corrected chi connectivity index (χ2v) is 19.6. The predicted octanol–water partition coefficient (Wildman–Crippen LogP) is 2.50. The van der Waals surface area contributed by atoms with Crippen LogP contribution < -0.4 is 24.8 Å². The van der Waals surface area contributed by atoms with Crippen molar-refractivity contribution in [2.45, 2.75) is 65.5 Å². The van der Waals surface area contributed by atoms with Gasteiger partial charge in [-0.1, -0.05) is 76.9 Å². The van der Waals surface area contributed by atoms with Gasteiger partial charge in [-0.3, -0.25) is 0 Å². The number of hydrogen-bond acceptors (Lipinski definition) is 0. The van der Waals surface area contributed by atoms with Crippen molar-refractivity contribution in [1.82, 2.24) is 0 Å². The topological polar surface area (TPSA) is 0 Å². The molecule has 32 heavy (non-hydrogen) atoms. The number of halogens is 2. The van der Waals surface area contributed by atoms with E-state index in [-0.39, 0.29) is 41.1 Å². The van der Waals surface area contributed by atoms with Crippen LogP contribution in [0.3, 0.4) is 0 Å². The fraction of sp³-hybridized carbons (Fsp3) is 0.357. The molecule has 0 aliphatic rings. The van der Waals surface area contributed by atoms with E-state index in [0.717, 1.165) is 0 Å². The zero-order valence-electron chi connectivity index (χ0n) is 20.7. The molecule has 0 aliphatic heterocycles. The van der Waals surface area contributed by atoms with Crippen LogP contribution in [0.1, 0.15) is 52.7 Å². The Morgan fingerprint density at radius 3 is 1.28 bits per heavy atom. The average molecular weight is 563 g/mol. The average Bonchev–Trinajstić information content (AvgIpc) is 3.30. The smallest absolute Gasteiger partial charge is 0.172 e. The van der Waals surface area contributed by atoms with Gasteiger partial charge in [-0.25, -0.2) is 12.1 Å². The van der Waals surface area contributed by atoms with Gasteiger partial charge >= 0.3 is 41.9 Å². The van der Waals surface area contributed by atoms with Gasteiger partial charge in [0.2, 0.25) is 0 Å². The minimum atomic E-state index is 0. The minimum absolute atomic E-state index is 0. The summed E-state index contributed by atoms with van der Waals surface area (Å²) in [4.78, 5) is 0. The quantitative estimate of drug-likeness (QED) is 0.228. The second kappa shape index (κ2) is 13.3. The van der Waals surface area contributed by atoms with Crippen LogP contribution in [0.15, 0.2) is 72.8 Å². The maximum atomic E-state index is 2.35. The first-order valence-corrected chi connectivity index (χ1v) is 16.9. The van der Waals surface area contributed by atoms with E-state index in [4.69, 9.17) is 0 Å². The summed E-state index contributed by atoms with van der Waals surface area (Å²) < 4.78 is 0. The van der Waals surface area contributed by atoms with Gasteiger partial charge in [0.15, 0.2) is 0 Å². The Labute approximate surface area is 223 Å². The molecule has 0 N–H and O–H groups in total. The number of hydrogen-bond donors (Lipinski definition) is 0. The Balaban J connectivity index is 0.000000739. The maximum Gasteiger partial charge on any atom is -0.172 e. The van der Waals surface area contributed by atoms with Crippen molar-refractivity contribution >= 4 is 27.0 Å². The van der Waals surface area contributed by atoms with Crippen LogP contribution in [0.5, 0.6) is 0 Å². The van der Waals surface area contributed by atoms with Crippen LogP contribution in [-0.4, -0.2) is 5.43 Å². The number of fused-ring (bicyclic) bond motifs is 3. The fourth-order valence-electron chi connectivity index (χ4n) is 3.28. The standard InChI is InChI=1S/C21H25.C5H5.C2H6Si.2ClH.Zr/c1-20(2,3)16-7-9-18-14(12-16)11-15-13-17(21(4,5)6)8-10-19(15)18;1-2-4-5-3-1;1-3-2;;;/h7-13H,1-6H3;1-5H;1-2H3;2*1H;/q2*-1;;;;+2/p-2. The summed E-state index contributed by atoms with van der Waals surface area (Å²) in [5.74, 6) is 0. The molecule has 0 spiro atoms. The molecule has 0 aliphatic carbocycles. The van der Waals surface area contributed by atoms with Gasteiger partial charge in [0.25, 0.3) is 0 Å². The van der Waals surface area contributed by atoms with Gasteiger partial charge in [-0.2, -0.15) is 18.2 Å². The van der Waals surface area contributed by atoms with Crippen molar-refractivity contribution < 1.29 is 48.1 Å². The van der Waals surface area contributed by atoms with Crippen LogP contribution in [0.4, 0.5) is 0 Å². The molecule has 4 aromatic rings. The van der Waals surface area contributed by atoms with Crippen LogP contribution in [0.2, 0.25) is 13.1 Å². The van der Waals surface area contributed by atoms with Gasteiger partial charge in [0.1, 0.15) is 0 Å². The molecule has 0 amide bonds. The zero-order valence-corrected chi connectivity index (χ0v) is 25.7.